The van der Waals surface area contributed by atoms with Crippen molar-refractivity contribution in [1.82, 2.24) is 4.98 Å². The zero-order valence-corrected chi connectivity index (χ0v) is 16.3. The van der Waals surface area contributed by atoms with Gasteiger partial charge in [0, 0.05) is 25.0 Å². The number of hydrogen-bond donors (Lipinski definition) is 1. The van der Waals surface area contributed by atoms with Crippen LogP contribution in [0.1, 0.15) is 18.4 Å². The van der Waals surface area contributed by atoms with Crippen molar-refractivity contribution in [2.75, 3.05) is 24.8 Å². The Morgan fingerprint density at radius 1 is 1.30 bits per heavy atom. The molecule has 1 amide bonds. The highest BCUT2D eigenvalue weighted by Crippen LogP contribution is 2.26. The number of carbonyl (C=O) groups is 1. The molecule has 6 nitrogen and oxygen atoms in total. The summed E-state index contributed by atoms with van der Waals surface area (Å²) in [6.07, 6.45) is 5.64. The highest BCUT2D eigenvalue weighted by atomic mass is 32.2. The summed E-state index contributed by atoms with van der Waals surface area (Å²) >= 11 is 0.744. The number of rotatable bonds is 5. The number of thiazole rings is 1. The lowest BCUT2D eigenvalue weighted by atomic mass is 9.94. The van der Waals surface area contributed by atoms with Crippen molar-refractivity contribution in [3.05, 3.63) is 47.2 Å². The number of nitrogens with zero attached hydrogens (tertiary/aromatic N) is 1. The Kier molecular flexibility index (Phi) is 6.03. The maximum absolute atomic E-state index is 13.1. The number of ether oxygens (including phenoxy) is 1. The van der Waals surface area contributed by atoms with Gasteiger partial charge in [0.15, 0.2) is 20.1 Å². The molecule has 0 spiro atoms. The number of aromatic nitrogens is 1. The minimum atomic E-state index is -3.33. The highest BCUT2D eigenvalue weighted by molar-refractivity contribution is 7.90. The van der Waals surface area contributed by atoms with Crippen molar-refractivity contribution < 1.29 is 22.3 Å². The Morgan fingerprint density at radius 2 is 1.96 bits per heavy atom. The molecule has 0 atom stereocenters. The van der Waals surface area contributed by atoms with E-state index in [1.165, 1.54) is 12.1 Å². The first kappa shape index (κ1) is 19.7. The number of hydrogen-bond acceptors (Lipinski definition) is 6. The Bertz CT molecular complexity index is 946. The molecule has 9 heteroatoms. The van der Waals surface area contributed by atoms with Gasteiger partial charge in [0.25, 0.3) is 5.91 Å². The second kappa shape index (κ2) is 8.28. The maximum Gasteiger partial charge on any atom is 0.257 e. The monoisotopic (exact) mass is 410 g/mol. The van der Waals surface area contributed by atoms with E-state index < -0.39 is 20.9 Å². The Balaban J connectivity index is 1.91. The zero-order chi connectivity index (χ0) is 19.4. The molecule has 0 saturated carbocycles. The summed E-state index contributed by atoms with van der Waals surface area (Å²) in [7, 11) is -3.33. The smallest absolute Gasteiger partial charge is 0.257 e. The third kappa shape index (κ3) is 5.21. The summed E-state index contributed by atoms with van der Waals surface area (Å²) in [4.78, 5) is 16.8. The van der Waals surface area contributed by atoms with Crippen LogP contribution in [-0.2, 0) is 19.4 Å². The summed E-state index contributed by atoms with van der Waals surface area (Å²) in [5.41, 5.74) is 0.987. The second-order valence-corrected chi connectivity index (χ2v) is 9.25. The number of amides is 1. The van der Waals surface area contributed by atoms with Crippen molar-refractivity contribution in [3.63, 3.8) is 0 Å². The van der Waals surface area contributed by atoms with Gasteiger partial charge in [0.2, 0.25) is 0 Å². The van der Waals surface area contributed by atoms with E-state index in [1.54, 1.807) is 12.1 Å². The van der Waals surface area contributed by atoms with Crippen LogP contribution in [0.4, 0.5) is 9.52 Å². The van der Waals surface area contributed by atoms with E-state index in [-0.39, 0.29) is 15.9 Å². The van der Waals surface area contributed by atoms with Crippen LogP contribution in [0.2, 0.25) is 0 Å². The van der Waals surface area contributed by atoms with Gasteiger partial charge in [-0.2, -0.15) is 4.39 Å². The standard InChI is InChI=1S/C18H19FN2O4S2/c1-27(23,24)14-4-2-13(3-5-14)15(10-12-6-8-25-9-7-12)17(22)21-18-20-11-16(19)26-18/h2-5,10-12H,6-9H2,1H3,(H,20,21,22). The second-order valence-electron chi connectivity index (χ2n) is 6.25. The normalized spacial score (nSPS) is 16.3. The number of benzene rings is 1. The number of sulfone groups is 1. The van der Waals surface area contributed by atoms with E-state index in [0.717, 1.165) is 36.6 Å². The van der Waals surface area contributed by atoms with Crippen LogP contribution in [-0.4, -0.2) is 38.8 Å². The lowest BCUT2D eigenvalue weighted by Crippen LogP contribution is -2.18. The van der Waals surface area contributed by atoms with E-state index in [4.69, 9.17) is 4.74 Å². The van der Waals surface area contributed by atoms with Gasteiger partial charge >= 0.3 is 0 Å². The Morgan fingerprint density at radius 3 is 2.52 bits per heavy atom. The predicted octanol–water partition coefficient (Wildman–Crippen LogP) is 3.13. The van der Waals surface area contributed by atoms with Gasteiger partial charge in [-0.3, -0.25) is 10.1 Å². The van der Waals surface area contributed by atoms with Gasteiger partial charge in [-0.25, -0.2) is 13.4 Å². The van der Waals surface area contributed by atoms with Crippen molar-refractivity contribution in [3.8, 4) is 0 Å². The molecule has 1 saturated heterocycles. The molecule has 0 bridgehead atoms. The lowest BCUT2D eigenvalue weighted by Gasteiger charge is -2.20. The molecule has 3 rings (SSSR count). The minimum absolute atomic E-state index is 0.169. The molecule has 1 fully saturated rings. The third-order valence-electron chi connectivity index (χ3n) is 4.20. The number of halogens is 1. The molecule has 1 aliphatic rings. The van der Waals surface area contributed by atoms with Gasteiger partial charge in [-0.1, -0.05) is 29.5 Å². The molecule has 2 aromatic rings. The molecular weight excluding hydrogens is 391 g/mol. The van der Waals surface area contributed by atoms with Crippen LogP contribution < -0.4 is 5.32 Å². The number of anilines is 1. The van der Waals surface area contributed by atoms with Crippen LogP contribution in [0, 0.1) is 11.0 Å². The molecular formula is C18H19FN2O4S2. The van der Waals surface area contributed by atoms with Crippen molar-refractivity contribution in [2.45, 2.75) is 17.7 Å². The molecule has 0 radical (unpaired) electrons. The van der Waals surface area contributed by atoms with E-state index in [2.05, 4.69) is 10.3 Å². The number of nitrogens with one attached hydrogen (secondary N) is 1. The first-order chi connectivity index (χ1) is 12.8. The molecule has 1 aliphatic heterocycles. The van der Waals surface area contributed by atoms with E-state index in [0.29, 0.717) is 24.4 Å². The first-order valence-corrected chi connectivity index (χ1v) is 11.1. The Labute approximate surface area is 161 Å². The molecule has 144 valence electrons. The van der Waals surface area contributed by atoms with Gasteiger partial charge in [0.1, 0.15) is 0 Å². The van der Waals surface area contributed by atoms with Crippen LogP contribution in [0.15, 0.2) is 41.4 Å². The number of carbonyl (C=O) groups excluding carboxylic acids is 1. The molecule has 27 heavy (non-hydrogen) atoms. The molecule has 2 heterocycles. The van der Waals surface area contributed by atoms with Crippen LogP contribution in [0.25, 0.3) is 5.57 Å². The summed E-state index contributed by atoms with van der Waals surface area (Å²) < 4.78 is 41.8. The van der Waals surface area contributed by atoms with Crippen molar-refractivity contribution in [2.24, 2.45) is 5.92 Å². The molecule has 1 aromatic heterocycles. The van der Waals surface area contributed by atoms with Gasteiger partial charge < -0.3 is 4.74 Å². The van der Waals surface area contributed by atoms with E-state index >= 15 is 0 Å². The first-order valence-electron chi connectivity index (χ1n) is 8.35. The van der Waals surface area contributed by atoms with Crippen LogP contribution in [0.5, 0.6) is 0 Å². The van der Waals surface area contributed by atoms with Crippen molar-refractivity contribution >= 4 is 37.8 Å². The quantitative estimate of drug-likeness (QED) is 0.766. The Hall–Kier alpha value is -2.10. The third-order valence-corrected chi connectivity index (χ3v) is 6.03. The topological polar surface area (TPSA) is 85.4 Å². The fraction of sp³-hybridized carbons (Fsp3) is 0.333. The summed E-state index contributed by atoms with van der Waals surface area (Å²) in [6, 6.07) is 6.14. The fourth-order valence-electron chi connectivity index (χ4n) is 2.78. The predicted molar refractivity (Wildman–Crippen MR) is 102 cm³/mol. The van der Waals surface area contributed by atoms with E-state index in [1.807, 2.05) is 6.08 Å². The number of allylic oxidation sites excluding steroid dienone is 1. The molecule has 0 aliphatic carbocycles. The van der Waals surface area contributed by atoms with Gasteiger partial charge in [-0.15, -0.1) is 0 Å². The van der Waals surface area contributed by atoms with E-state index in [9.17, 15) is 17.6 Å². The minimum Gasteiger partial charge on any atom is -0.381 e. The average Bonchev–Trinajstić information content (AvgIpc) is 3.04. The molecule has 1 aromatic carbocycles. The largest absolute Gasteiger partial charge is 0.381 e. The highest BCUT2D eigenvalue weighted by Gasteiger charge is 2.19. The fourth-order valence-corrected chi connectivity index (χ4v) is 3.95. The summed E-state index contributed by atoms with van der Waals surface area (Å²) in [5.74, 6) is -0.245. The van der Waals surface area contributed by atoms with Crippen LogP contribution >= 0.6 is 11.3 Å². The lowest BCUT2D eigenvalue weighted by molar-refractivity contribution is -0.111. The SMILES string of the molecule is CS(=O)(=O)c1ccc(C(=CC2CCOCC2)C(=O)Nc2ncc(F)s2)cc1. The molecule has 1 N–H and O–H groups in total. The van der Waals surface area contributed by atoms with Crippen molar-refractivity contribution in [1.29, 1.82) is 0 Å². The maximum atomic E-state index is 13.1. The average molecular weight is 410 g/mol. The summed E-state index contributed by atoms with van der Waals surface area (Å²) in [5, 5.41) is 2.29. The van der Waals surface area contributed by atoms with Gasteiger partial charge in [-0.05, 0) is 36.5 Å². The van der Waals surface area contributed by atoms with Gasteiger partial charge in [0.05, 0.1) is 11.1 Å². The summed E-state index contributed by atoms with van der Waals surface area (Å²) in [6.45, 7) is 1.25. The van der Waals surface area contributed by atoms with Crippen LogP contribution in [0.3, 0.4) is 0 Å². The molecule has 0 unspecified atom stereocenters. The zero-order valence-electron chi connectivity index (χ0n) is 14.6.